The molecule has 0 aliphatic rings. The largest absolute Gasteiger partial charge is 0.389 e. The lowest BCUT2D eigenvalue weighted by Crippen LogP contribution is -2.33. The van der Waals surface area contributed by atoms with Crippen LogP contribution >= 0.6 is 0 Å². The van der Waals surface area contributed by atoms with Gasteiger partial charge in [-0.2, -0.15) is 9.61 Å². The summed E-state index contributed by atoms with van der Waals surface area (Å²) in [4.78, 5) is 6.61. The SMILES string of the molecule is COCC(O)CN(C)c1cc(-c2ccccc2)nc2ccnn12. The van der Waals surface area contributed by atoms with Gasteiger partial charge in [0.2, 0.25) is 0 Å². The van der Waals surface area contributed by atoms with Gasteiger partial charge in [0.25, 0.3) is 0 Å². The Morgan fingerprint density at radius 1 is 1.26 bits per heavy atom. The zero-order valence-electron chi connectivity index (χ0n) is 13.3. The summed E-state index contributed by atoms with van der Waals surface area (Å²) < 4.78 is 6.76. The highest BCUT2D eigenvalue weighted by Crippen LogP contribution is 2.23. The van der Waals surface area contributed by atoms with E-state index < -0.39 is 6.10 Å². The molecule has 1 N–H and O–H groups in total. The summed E-state index contributed by atoms with van der Waals surface area (Å²) in [6.07, 6.45) is 1.16. The van der Waals surface area contributed by atoms with E-state index in [-0.39, 0.29) is 0 Å². The number of methoxy groups -OCH3 is 1. The van der Waals surface area contributed by atoms with Gasteiger partial charge < -0.3 is 14.7 Å². The van der Waals surface area contributed by atoms with Crippen LogP contribution in [0, 0.1) is 0 Å². The lowest BCUT2D eigenvalue weighted by Gasteiger charge is -2.23. The van der Waals surface area contributed by atoms with E-state index in [1.807, 2.05) is 54.4 Å². The number of aromatic nitrogens is 3. The number of ether oxygens (including phenoxy) is 1. The van der Waals surface area contributed by atoms with E-state index in [2.05, 4.69) is 10.1 Å². The third-order valence-corrected chi connectivity index (χ3v) is 3.64. The van der Waals surface area contributed by atoms with E-state index in [0.29, 0.717) is 13.2 Å². The number of aliphatic hydroxyl groups is 1. The maximum absolute atomic E-state index is 9.98. The highest BCUT2D eigenvalue weighted by Gasteiger charge is 2.14. The molecule has 1 aromatic carbocycles. The van der Waals surface area contributed by atoms with Gasteiger partial charge >= 0.3 is 0 Å². The van der Waals surface area contributed by atoms with Crippen LogP contribution in [0.2, 0.25) is 0 Å². The molecule has 6 nitrogen and oxygen atoms in total. The Morgan fingerprint density at radius 3 is 2.78 bits per heavy atom. The molecule has 23 heavy (non-hydrogen) atoms. The molecule has 120 valence electrons. The highest BCUT2D eigenvalue weighted by molar-refractivity contribution is 5.66. The molecule has 0 aliphatic heterocycles. The quantitative estimate of drug-likeness (QED) is 0.752. The smallest absolute Gasteiger partial charge is 0.157 e. The predicted octanol–water partition coefficient (Wildman–Crippen LogP) is 1.84. The number of rotatable bonds is 6. The van der Waals surface area contributed by atoms with Crippen LogP contribution in [0.25, 0.3) is 16.9 Å². The summed E-state index contributed by atoms with van der Waals surface area (Å²) in [5.74, 6) is 0.869. The zero-order chi connectivity index (χ0) is 16.2. The number of anilines is 1. The van der Waals surface area contributed by atoms with Crippen molar-refractivity contribution in [3.63, 3.8) is 0 Å². The molecule has 0 aliphatic carbocycles. The van der Waals surface area contributed by atoms with Crippen LogP contribution in [0.4, 0.5) is 5.82 Å². The number of fused-ring (bicyclic) bond motifs is 1. The van der Waals surface area contributed by atoms with Crippen molar-refractivity contribution < 1.29 is 9.84 Å². The maximum atomic E-state index is 9.98. The fourth-order valence-electron chi connectivity index (χ4n) is 2.58. The minimum Gasteiger partial charge on any atom is -0.389 e. The summed E-state index contributed by atoms with van der Waals surface area (Å²) in [6, 6.07) is 13.9. The number of nitrogens with zero attached hydrogens (tertiary/aromatic N) is 4. The van der Waals surface area contributed by atoms with Crippen molar-refractivity contribution in [2.45, 2.75) is 6.10 Å². The molecular weight excluding hydrogens is 292 g/mol. The van der Waals surface area contributed by atoms with E-state index in [0.717, 1.165) is 22.7 Å². The van der Waals surface area contributed by atoms with E-state index in [1.165, 1.54) is 0 Å². The maximum Gasteiger partial charge on any atom is 0.157 e. The first kappa shape index (κ1) is 15.5. The number of hydrogen-bond donors (Lipinski definition) is 1. The lowest BCUT2D eigenvalue weighted by atomic mass is 10.1. The molecule has 0 spiro atoms. The predicted molar refractivity (Wildman–Crippen MR) is 89.6 cm³/mol. The molecule has 0 radical (unpaired) electrons. The van der Waals surface area contributed by atoms with Gasteiger partial charge in [-0.3, -0.25) is 0 Å². The number of hydrogen-bond acceptors (Lipinski definition) is 5. The first-order valence-corrected chi connectivity index (χ1v) is 7.47. The fourth-order valence-corrected chi connectivity index (χ4v) is 2.58. The van der Waals surface area contributed by atoms with E-state index in [4.69, 9.17) is 4.74 Å². The normalized spacial score (nSPS) is 12.5. The van der Waals surface area contributed by atoms with Crippen LogP contribution in [0.5, 0.6) is 0 Å². The van der Waals surface area contributed by atoms with Crippen molar-refractivity contribution in [3.8, 4) is 11.3 Å². The van der Waals surface area contributed by atoms with Gasteiger partial charge in [0, 0.05) is 38.4 Å². The topological polar surface area (TPSA) is 62.9 Å². The molecule has 0 bridgehead atoms. The summed E-state index contributed by atoms with van der Waals surface area (Å²) in [7, 11) is 3.50. The molecule has 3 rings (SSSR count). The molecule has 0 saturated heterocycles. The molecule has 0 saturated carbocycles. The Hall–Kier alpha value is -2.44. The molecule has 0 amide bonds. The van der Waals surface area contributed by atoms with Gasteiger partial charge in [-0.1, -0.05) is 30.3 Å². The highest BCUT2D eigenvalue weighted by atomic mass is 16.5. The molecule has 1 atom stereocenters. The van der Waals surface area contributed by atoms with Crippen LogP contribution in [-0.4, -0.2) is 53.1 Å². The van der Waals surface area contributed by atoms with Crippen molar-refractivity contribution in [1.82, 2.24) is 14.6 Å². The number of benzene rings is 1. The number of likely N-dealkylation sites (N-methyl/N-ethyl adjacent to an activating group) is 1. The van der Waals surface area contributed by atoms with E-state index in [9.17, 15) is 5.11 Å². The molecule has 1 unspecified atom stereocenters. The van der Waals surface area contributed by atoms with Gasteiger partial charge in [-0.15, -0.1) is 0 Å². The van der Waals surface area contributed by atoms with Crippen LogP contribution in [0.1, 0.15) is 0 Å². The van der Waals surface area contributed by atoms with E-state index >= 15 is 0 Å². The van der Waals surface area contributed by atoms with Crippen molar-refractivity contribution in [3.05, 3.63) is 48.7 Å². The second-order valence-corrected chi connectivity index (χ2v) is 5.46. The molecule has 6 heteroatoms. The average Bonchev–Trinajstić information content (AvgIpc) is 3.03. The second-order valence-electron chi connectivity index (χ2n) is 5.46. The van der Waals surface area contributed by atoms with Crippen molar-refractivity contribution >= 4 is 11.5 Å². The van der Waals surface area contributed by atoms with Crippen LogP contribution < -0.4 is 4.90 Å². The minimum atomic E-state index is -0.566. The lowest BCUT2D eigenvalue weighted by molar-refractivity contribution is 0.0694. The monoisotopic (exact) mass is 312 g/mol. The number of aliphatic hydroxyl groups excluding tert-OH is 1. The first-order valence-electron chi connectivity index (χ1n) is 7.47. The van der Waals surface area contributed by atoms with Crippen molar-refractivity contribution in [2.75, 3.05) is 32.2 Å². The van der Waals surface area contributed by atoms with E-state index in [1.54, 1.807) is 17.8 Å². The van der Waals surface area contributed by atoms with Gasteiger partial charge in [-0.05, 0) is 0 Å². The van der Waals surface area contributed by atoms with Crippen molar-refractivity contribution in [2.24, 2.45) is 0 Å². The molecule has 0 fully saturated rings. The Balaban J connectivity index is 2.00. The molecule has 2 aromatic heterocycles. The second kappa shape index (κ2) is 6.76. The minimum absolute atomic E-state index is 0.295. The van der Waals surface area contributed by atoms with Gasteiger partial charge in [-0.25, -0.2) is 4.98 Å². The van der Waals surface area contributed by atoms with Crippen molar-refractivity contribution in [1.29, 1.82) is 0 Å². The summed E-state index contributed by atoms with van der Waals surface area (Å²) >= 11 is 0. The average molecular weight is 312 g/mol. The Morgan fingerprint density at radius 2 is 2.04 bits per heavy atom. The Bertz CT molecular complexity index is 773. The van der Waals surface area contributed by atoms with Crippen LogP contribution in [0.15, 0.2) is 48.7 Å². The standard InChI is InChI=1S/C17H20N4O2/c1-20(11-14(22)12-23-2)17-10-15(13-6-4-3-5-7-13)19-16-8-9-18-21(16)17/h3-10,14,22H,11-12H2,1-2H3. The summed E-state index contributed by atoms with van der Waals surface area (Å²) in [5.41, 5.74) is 2.69. The Labute approximate surface area is 135 Å². The molecular formula is C17H20N4O2. The summed E-state index contributed by atoms with van der Waals surface area (Å²) in [6.45, 7) is 0.740. The van der Waals surface area contributed by atoms with Gasteiger partial charge in [0.15, 0.2) is 5.65 Å². The zero-order valence-corrected chi connectivity index (χ0v) is 13.3. The third-order valence-electron chi connectivity index (χ3n) is 3.64. The van der Waals surface area contributed by atoms with Gasteiger partial charge in [0.05, 0.1) is 24.6 Å². The fraction of sp³-hybridized carbons (Fsp3) is 0.294. The van der Waals surface area contributed by atoms with Crippen LogP contribution in [-0.2, 0) is 4.74 Å². The van der Waals surface area contributed by atoms with Gasteiger partial charge in [0.1, 0.15) is 5.82 Å². The molecule has 2 heterocycles. The molecule has 3 aromatic rings. The van der Waals surface area contributed by atoms with Crippen LogP contribution in [0.3, 0.4) is 0 Å². The first-order chi connectivity index (χ1) is 11.2. The third kappa shape index (κ3) is 3.33. The Kier molecular flexibility index (Phi) is 4.55. The summed E-state index contributed by atoms with van der Waals surface area (Å²) in [5, 5.41) is 14.3.